The zero-order valence-electron chi connectivity index (χ0n) is 11.3. The monoisotopic (exact) mass is 265 g/mol. The summed E-state index contributed by atoms with van der Waals surface area (Å²) in [5, 5.41) is 11.8. The van der Waals surface area contributed by atoms with Crippen molar-refractivity contribution in [2.24, 2.45) is 0 Å². The number of aromatic nitrogens is 1. The summed E-state index contributed by atoms with van der Waals surface area (Å²) in [4.78, 5) is 28.1. The number of carboxylic acid groups (broad SMARTS) is 1. The lowest BCUT2D eigenvalue weighted by Gasteiger charge is -2.26. The fourth-order valence-electron chi connectivity index (χ4n) is 1.76. The molecule has 104 valence electrons. The number of amides is 2. The molecule has 2 atom stereocenters. The highest BCUT2D eigenvalue weighted by Crippen LogP contribution is 2.11. The lowest BCUT2D eigenvalue weighted by Crippen LogP contribution is -2.47. The average Bonchev–Trinajstić information content (AvgIpc) is 2.39. The van der Waals surface area contributed by atoms with Gasteiger partial charge in [0.2, 0.25) is 0 Å². The Hall–Kier alpha value is -2.11. The van der Waals surface area contributed by atoms with Gasteiger partial charge in [-0.05, 0) is 25.0 Å². The van der Waals surface area contributed by atoms with Crippen LogP contribution in [0.2, 0.25) is 0 Å². The Bertz CT molecular complexity index is 436. The molecule has 0 radical (unpaired) electrons. The Morgan fingerprint density at radius 1 is 1.53 bits per heavy atom. The smallest absolute Gasteiger partial charge is 0.326 e. The van der Waals surface area contributed by atoms with Crippen LogP contribution in [0.3, 0.4) is 0 Å². The third kappa shape index (κ3) is 3.94. The van der Waals surface area contributed by atoms with E-state index in [0.717, 1.165) is 5.56 Å². The highest BCUT2D eigenvalue weighted by atomic mass is 16.4. The van der Waals surface area contributed by atoms with Gasteiger partial charge in [-0.15, -0.1) is 0 Å². The molecule has 2 amide bonds. The fraction of sp³-hybridized carbons (Fsp3) is 0.462. The molecule has 0 fully saturated rings. The lowest BCUT2D eigenvalue weighted by atomic mass is 10.1. The standard InChI is InChI=1S/C13H19N3O3/c1-4-11(12(17)18)16(3)13(19)15-9(2)10-6-5-7-14-8-10/h5-9,11H,4H2,1-3H3,(H,15,19)(H,17,18). The van der Waals surface area contributed by atoms with E-state index in [4.69, 9.17) is 5.11 Å². The maximum Gasteiger partial charge on any atom is 0.326 e. The van der Waals surface area contributed by atoms with Crippen LogP contribution in [-0.2, 0) is 4.79 Å². The number of carboxylic acids is 1. The van der Waals surface area contributed by atoms with E-state index < -0.39 is 18.0 Å². The van der Waals surface area contributed by atoms with Gasteiger partial charge in [0.25, 0.3) is 0 Å². The van der Waals surface area contributed by atoms with Crippen LogP contribution in [0, 0.1) is 0 Å². The summed E-state index contributed by atoms with van der Waals surface area (Å²) in [6, 6.07) is 2.18. The highest BCUT2D eigenvalue weighted by molar-refractivity contribution is 5.82. The number of urea groups is 1. The number of nitrogens with zero attached hydrogens (tertiary/aromatic N) is 2. The van der Waals surface area contributed by atoms with E-state index in [1.165, 1.54) is 11.9 Å². The molecular weight excluding hydrogens is 246 g/mol. The number of carbonyl (C=O) groups excluding carboxylic acids is 1. The molecule has 0 aliphatic carbocycles. The molecule has 1 aromatic heterocycles. The van der Waals surface area contributed by atoms with Gasteiger partial charge in [-0.1, -0.05) is 13.0 Å². The SMILES string of the molecule is CCC(C(=O)O)N(C)C(=O)NC(C)c1cccnc1. The van der Waals surface area contributed by atoms with Crippen molar-refractivity contribution < 1.29 is 14.7 Å². The highest BCUT2D eigenvalue weighted by Gasteiger charge is 2.25. The van der Waals surface area contributed by atoms with Crippen molar-refractivity contribution in [3.63, 3.8) is 0 Å². The van der Waals surface area contributed by atoms with E-state index in [1.807, 2.05) is 13.0 Å². The summed E-state index contributed by atoms with van der Waals surface area (Å²) in [5.74, 6) is -1.01. The van der Waals surface area contributed by atoms with Gasteiger partial charge in [0.15, 0.2) is 0 Å². The number of hydrogen-bond donors (Lipinski definition) is 2. The minimum absolute atomic E-state index is 0.227. The van der Waals surface area contributed by atoms with Crippen molar-refractivity contribution in [2.75, 3.05) is 7.05 Å². The van der Waals surface area contributed by atoms with Crippen molar-refractivity contribution in [3.8, 4) is 0 Å². The lowest BCUT2D eigenvalue weighted by molar-refractivity contribution is -0.141. The molecule has 1 rings (SSSR count). The van der Waals surface area contributed by atoms with Crippen molar-refractivity contribution in [2.45, 2.75) is 32.4 Å². The maximum atomic E-state index is 12.0. The van der Waals surface area contributed by atoms with Crippen LogP contribution in [0.25, 0.3) is 0 Å². The summed E-state index contributed by atoms with van der Waals surface area (Å²) in [6.07, 6.45) is 3.68. The van der Waals surface area contributed by atoms with Gasteiger partial charge in [0.1, 0.15) is 6.04 Å². The first-order valence-corrected chi connectivity index (χ1v) is 6.13. The molecule has 1 aromatic rings. The first-order chi connectivity index (χ1) is 8.97. The van der Waals surface area contributed by atoms with Gasteiger partial charge >= 0.3 is 12.0 Å². The van der Waals surface area contributed by atoms with Gasteiger partial charge in [0, 0.05) is 19.4 Å². The van der Waals surface area contributed by atoms with Crippen LogP contribution in [0.5, 0.6) is 0 Å². The second-order valence-electron chi connectivity index (χ2n) is 4.33. The zero-order valence-corrected chi connectivity index (χ0v) is 11.3. The molecular formula is C13H19N3O3. The fourth-order valence-corrected chi connectivity index (χ4v) is 1.76. The molecule has 0 spiro atoms. The van der Waals surface area contributed by atoms with Crippen LogP contribution in [0.4, 0.5) is 4.79 Å². The van der Waals surface area contributed by atoms with Crippen LogP contribution >= 0.6 is 0 Å². The van der Waals surface area contributed by atoms with E-state index in [-0.39, 0.29) is 6.04 Å². The summed E-state index contributed by atoms with van der Waals surface area (Å²) in [6.45, 7) is 3.55. The third-order valence-corrected chi connectivity index (χ3v) is 2.98. The molecule has 0 aliphatic rings. The van der Waals surface area contributed by atoms with E-state index in [2.05, 4.69) is 10.3 Å². The molecule has 2 unspecified atom stereocenters. The van der Waals surface area contributed by atoms with Crippen molar-refractivity contribution in [1.29, 1.82) is 0 Å². The molecule has 0 saturated heterocycles. The van der Waals surface area contributed by atoms with E-state index in [0.29, 0.717) is 6.42 Å². The van der Waals surface area contributed by atoms with Crippen LogP contribution < -0.4 is 5.32 Å². The van der Waals surface area contributed by atoms with Gasteiger partial charge in [-0.25, -0.2) is 9.59 Å². The second kappa shape index (κ2) is 6.72. The van der Waals surface area contributed by atoms with Gasteiger partial charge in [-0.2, -0.15) is 0 Å². The molecule has 2 N–H and O–H groups in total. The molecule has 0 aliphatic heterocycles. The molecule has 0 aromatic carbocycles. The number of hydrogen-bond acceptors (Lipinski definition) is 3. The first-order valence-electron chi connectivity index (χ1n) is 6.13. The van der Waals surface area contributed by atoms with Crippen molar-refractivity contribution in [3.05, 3.63) is 30.1 Å². The first kappa shape index (κ1) is 14.9. The van der Waals surface area contributed by atoms with Gasteiger partial charge in [-0.3, -0.25) is 4.98 Å². The number of carbonyl (C=O) groups is 2. The second-order valence-corrected chi connectivity index (χ2v) is 4.33. The van der Waals surface area contributed by atoms with Crippen molar-refractivity contribution >= 4 is 12.0 Å². The molecule has 6 nitrogen and oxygen atoms in total. The Morgan fingerprint density at radius 2 is 2.21 bits per heavy atom. The normalized spacial score (nSPS) is 13.4. The van der Waals surface area contributed by atoms with Gasteiger partial charge < -0.3 is 15.3 Å². The van der Waals surface area contributed by atoms with Crippen LogP contribution in [0.15, 0.2) is 24.5 Å². The van der Waals surface area contributed by atoms with Crippen molar-refractivity contribution in [1.82, 2.24) is 15.2 Å². The molecule has 1 heterocycles. The number of likely N-dealkylation sites (N-methyl/N-ethyl adjacent to an activating group) is 1. The minimum atomic E-state index is -1.01. The maximum absolute atomic E-state index is 12.0. The van der Waals surface area contributed by atoms with Crippen LogP contribution in [-0.4, -0.2) is 40.1 Å². The number of aliphatic carboxylic acids is 1. The number of nitrogens with one attached hydrogen (secondary N) is 1. The number of pyridine rings is 1. The number of rotatable bonds is 5. The summed E-state index contributed by atoms with van der Waals surface area (Å²) in [7, 11) is 1.48. The average molecular weight is 265 g/mol. The molecule has 0 saturated carbocycles. The quantitative estimate of drug-likeness (QED) is 0.848. The molecule has 19 heavy (non-hydrogen) atoms. The zero-order chi connectivity index (χ0) is 14.4. The predicted molar refractivity (Wildman–Crippen MR) is 70.7 cm³/mol. The Labute approximate surface area is 112 Å². The largest absolute Gasteiger partial charge is 0.480 e. The van der Waals surface area contributed by atoms with E-state index in [1.54, 1.807) is 25.4 Å². The Morgan fingerprint density at radius 3 is 2.68 bits per heavy atom. The Kier molecular flexibility index (Phi) is 5.29. The molecule has 0 bridgehead atoms. The topological polar surface area (TPSA) is 82.5 Å². The molecule has 6 heteroatoms. The minimum Gasteiger partial charge on any atom is -0.480 e. The van der Waals surface area contributed by atoms with E-state index >= 15 is 0 Å². The Balaban J connectivity index is 2.66. The van der Waals surface area contributed by atoms with E-state index in [9.17, 15) is 9.59 Å². The van der Waals surface area contributed by atoms with Gasteiger partial charge in [0.05, 0.1) is 6.04 Å². The summed E-state index contributed by atoms with van der Waals surface area (Å²) in [5.41, 5.74) is 0.868. The summed E-state index contributed by atoms with van der Waals surface area (Å²) >= 11 is 0. The third-order valence-electron chi connectivity index (χ3n) is 2.98. The van der Waals surface area contributed by atoms with Crippen LogP contribution in [0.1, 0.15) is 31.9 Å². The summed E-state index contributed by atoms with van der Waals surface area (Å²) < 4.78 is 0. The predicted octanol–water partition coefficient (Wildman–Crippen LogP) is 1.65.